The Morgan fingerprint density at radius 3 is 2.93 bits per heavy atom. The fourth-order valence-corrected chi connectivity index (χ4v) is 4.32. The highest BCUT2D eigenvalue weighted by atomic mass is 35.5. The van der Waals surface area contributed by atoms with Gasteiger partial charge in [-0.2, -0.15) is 4.98 Å². The van der Waals surface area contributed by atoms with E-state index in [0.29, 0.717) is 24.7 Å². The number of likely N-dealkylation sites (tertiary alicyclic amines) is 1. The third-order valence-corrected chi connectivity index (χ3v) is 6.14. The highest BCUT2D eigenvalue weighted by molar-refractivity contribution is 6.30. The maximum Gasteiger partial charge on any atom is 0.229 e. The van der Waals surface area contributed by atoms with Crippen LogP contribution in [0.1, 0.15) is 55.8 Å². The first kappa shape index (κ1) is 19.4. The SMILES string of the molecule is CC(=O)N(CCc1noc(C2CCC2)n1)C1CCN(Cc2cccc(Cl)c2)C1. The molecule has 1 aromatic carbocycles. The minimum Gasteiger partial charge on any atom is -0.339 e. The molecule has 2 aromatic rings. The van der Waals surface area contributed by atoms with Gasteiger partial charge in [-0.05, 0) is 37.0 Å². The molecule has 2 fully saturated rings. The van der Waals surface area contributed by atoms with Gasteiger partial charge in [0.1, 0.15) is 0 Å². The number of amides is 1. The molecule has 0 radical (unpaired) electrons. The summed E-state index contributed by atoms with van der Waals surface area (Å²) < 4.78 is 5.40. The molecule has 150 valence electrons. The molecule has 1 aliphatic heterocycles. The molecule has 1 atom stereocenters. The van der Waals surface area contributed by atoms with E-state index < -0.39 is 0 Å². The number of halogens is 1. The first-order valence-electron chi connectivity index (χ1n) is 10.1. The Morgan fingerprint density at radius 2 is 2.21 bits per heavy atom. The van der Waals surface area contributed by atoms with Crippen molar-refractivity contribution in [1.82, 2.24) is 19.9 Å². The van der Waals surface area contributed by atoms with E-state index in [0.717, 1.165) is 49.8 Å². The molecule has 6 nitrogen and oxygen atoms in total. The van der Waals surface area contributed by atoms with E-state index in [9.17, 15) is 4.79 Å². The van der Waals surface area contributed by atoms with Crippen LogP contribution in [0.15, 0.2) is 28.8 Å². The standard InChI is InChI=1S/C21H27ClN4O2/c1-15(27)26(11-9-20-23-21(28-24-20)17-5-3-6-17)19-8-10-25(14-19)13-16-4-2-7-18(22)12-16/h2,4,7,12,17,19H,3,5-6,8-11,13-14H2,1H3. The lowest BCUT2D eigenvalue weighted by molar-refractivity contribution is -0.130. The van der Waals surface area contributed by atoms with Gasteiger partial charge in [0.15, 0.2) is 5.82 Å². The first-order chi connectivity index (χ1) is 13.6. The van der Waals surface area contributed by atoms with Gasteiger partial charge in [-0.3, -0.25) is 9.69 Å². The minimum absolute atomic E-state index is 0.109. The average Bonchev–Trinajstić information content (AvgIpc) is 3.24. The molecule has 1 aliphatic carbocycles. The molecular weight excluding hydrogens is 376 g/mol. The number of carbonyl (C=O) groups is 1. The monoisotopic (exact) mass is 402 g/mol. The number of aromatic nitrogens is 2. The molecular formula is C21H27ClN4O2. The van der Waals surface area contributed by atoms with Crippen LogP contribution in [0.2, 0.25) is 5.02 Å². The molecule has 2 aliphatic rings. The predicted molar refractivity (Wildman–Crippen MR) is 107 cm³/mol. The summed E-state index contributed by atoms with van der Waals surface area (Å²) in [5.41, 5.74) is 1.21. The van der Waals surface area contributed by atoms with Gasteiger partial charge in [0, 0.05) is 56.5 Å². The van der Waals surface area contributed by atoms with E-state index in [1.54, 1.807) is 6.92 Å². The first-order valence-corrected chi connectivity index (χ1v) is 10.5. The van der Waals surface area contributed by atoms with Gasteiger partial charge < -0.3 is 9.42 Å². The molecule has 0 bridgehead atoms. The van der Waals surface area contributed by atoms with E-state index >= 15 is 0 Å². The van der Waals surface area contributed by atoms with Crippen molar-refractivity contribution in [3.05, 3.63) is 46.6 Å². The van der Waals surface area contributed by atoms with Crippen LogP contribution < -0.4 is 0 Å². The Hall–Kier alpha value is -1.92. The van der Waals surface area contributed by atoms with Crippen molar-refractivity contribution >= 4 is 17.5 Å². The second-order valence-corrected chi connectivity index (χ2v) is 8.38. The average molecular weight is 403 g/mol. The Labute approximate surface area is 170 Å². The zero-order valence-electron chi connectivity index (χ0n) is 16.3. The van der Waals surface area contributed by atoms with Crippen molar-refractivity contribution in [3.8, 4) is 0 Å². The summed E-state index contributed by atoms with van der Waals surface area (Å²) in [6.07, 6.45) is 5.16. The fraction of sp³-hybridized carbons (Fsp3) is 0.571. The predicted octanol–water partition coefficient (Wildman–Crippen LogP) is 3.66. The molecule has 0 N–H and O–H groups in total. The van der Waals surface area contributed by atoms with Crippen LogP contribution in [-0.4, -0.2) is 51.5 Å². The number of rotatable bonds is 7. The van der Waals surface area contributed by atoms with E-state index in [1.165, 1.54) is 12.0 Å². The van der Waals surface area contributed by atoms with Crippen LogP contribution in [0.3, 0.4) is 0 Å². The van der Waals surface area contributed by atoms with Gasteiger partial charge in [0.25, 0.3) is 0 Å². The zero-order valence-corrected chi connectivity index (χ0v) is 17.1. The number of carbonyl (C=O) groups excluding carboxylic acids is 1. The van der Waals surface area contributed by atoms with Crippen LogP contribution in [0.4, 0.5) is 0 Å². The van der Waals surface area contributed by atoms with E-state index in [4.69, 9.17) is 16.1 Å². The van der Waals surface area contributed by atoms with Crippen molar-refractivity contribution in [2.24, 2.45) is 0 Å². The van der Waals surface area contributed by atoms with Gasteiger partial charge in [-0.1, -0.05) is 35.3 Å². The molecule has 28 heavy (non-hydrogen) atoms. The van der Waals surface area contributed by atoms with Gasteiger partial charge >= 0.3 is 0 Å². The molecule has 2 heterocycles. The van der Waals surface area contributed by atoms with Crippen molar-refractivity contribution in [1.29, 1.82) is 0 Å². The number of benzene rings is 1. The van der Waals surface area contributed by atoms with Crippen LogP contribution in [0.25, 0.3) is 0 Å². The molecule has 1 saturated heterocycles. The highest BCUT2D eigenvalue weighted by Crippen LogP contribution is 2.35. The lowest BCUT2D eigenvalue weighted by atomic mass is 9.85. The number of nitrogens with zero attached hydrogens (tertiary/aromatic N) is 4. The summed E-state index contributed by atoms with van der Waals surface area (Å²) in [6.45, 7) is 5.00. The second-order valence-electron chi connectivity index (χ2n) is 7.95. The van der Waals surface area contributed by atoms with E-state index in [2.05, 4.69) is 21.1 Å². The third-order valence-electron chi connectivity index (χ3n) is 5.90. The Morgan fingerprint density at radius 1 is 1.36 bits per heavy atom. The summed E-state index contributed by atoms with van der Waals surface area (Å²) in [5, 5.41) is 4.87. The molecule has 4 rings (SSSR count). The molecule has 1 aromatic heterocycles. The largest absolute Gasteiger partial charge is 0.339 e. The molecule has 1 saturated carbocycles. The Kier molecular flexibility index (Phi) is 5.97. The summed E-state index contributed by atoms with van der Waals surface area (Å²) in [6, 6.07) is 8.21. The molecule has 7 heteroatoms. The lowest BCUT2D eigenvalue weighted by Gasteiger charge is -2.28. The van der Waals surface area contributed by atoms with Crippen LogP contribution in [-0.2, 0) is 17.8 Å². The van der Waals surface area contributed by atoms with Crippen molar-refractivity contribution in [2.45, 2.75) is 57.5 Å². The van der Waals surface area contributed by atoms with Gasteiger partial charge in [-0.25, -0.2) is 0 Å². The van der Waals surface area contributed by atoms with Gasteiger partial charge in [0.05, 0.1) is 0 Å². The smallest absolute Gasteiger partial charge is 0.229 e. The highest BCUT2D eigenvalue weighted by Gasteiger charge is 2.30. The molecule has 0 spiro atoms. The lowest BCUT2D eigenvalue weighted by Crippen LogP contribution is -2.42. The van der Waals surface area contributed by atoms with Crippen molar-refractivity contribution in [3.63, 3.8) is 0 Å². The van der Waals surface area contributed by atoms with Crippen LogP contribution in [0.5, 0.6) is 0 Å². The topological polar surface area (TPSA) is 62.5 Å². The van der Waals surface area contributed by atoms with Gasteiger partial charge in [-0.15, -0.1) is 0 Å². The summed E-state index contributed by atoms with van der Waals surface area (Å²) in [4.78, 5) is 21.1. The Bertz CT molecular complexity index is 820. The quantitative estimate of drug-likeness (QED) is 0.707. The summed E-state index contributed by atoms with van der Waals surface area (Å²) in [5.74, 6) is 2.03. The number of hydrogen-bond donors (Lipinski definition) is 0. The van der Waals surface area contributed by atoms with E-state index in [-0.39, 0.29) is 11.9 Å². The fourth-order valence-electron chi connectivity index (χ4n) is 4.11. The van der Waals surface area contributed by atoms with Crippen LogP contribution in [0, 0.1) is 0 Å². The normalized spacial score (nSPS) is 20.3. The minimum atomic E-state index is 0.109. The summed E-state index contributed by atoms with van der Waals surface area (Å²) >= 11 is 6.09. The zero-order chi connectivity index (χ0) is 19.5. The maximum absolute atomic E-state index is 12.3. The molecule has 1 unspecified atom stereocenters. The van der Waals surface area contributed by atoms with Gasteiger partial charge in [0.2, 0.25) is 11.8 Å². The Balaban J connectivity index is 1.31. The third kappa shape index (κ3) is 4.55. The second kappa shape index (κ2) is 8.62. The van der Waals surface area contributed by atoms with Crippen molar-refractivity contribution in [2.75, 3.05) is 19.6 Å². The number of hydrogen-bond acceptors (Lipinski definition) is 5. The van der Waals surface area contributed by atoms with Crippen LogP contribution >= 0.6 is 11.6 Å². The van der Waals surface area contributed by atoms with E-state index in [1.807, 2.05) is 23.1 Å². The summed E-state index contributed by atoms with van der Waals surface area (Å²) in [7, 11) is 0. The maximum atomic E-state index is 12.3. The van der Waals surface area contributed by atoms with Crippen molar-refractivity contribution < 1.29 is 9.32 Å². The molecule has 1 amide bonds.